The van der Waals surface area contributed by atoms with Gasteiger partial charge < -0.3 is 25.0 Å². The van der Waals surface area contributed by atoms with Crippen LogP contribution in [0.5, 0.6) is 0 Å². The topological polar surface area (TPSA) is 118 Å². The smallest absolute Gasteiger partial charge is 0.338 e. The van der Waals surface area contributed by atoms with Gasteiger partial charge in [0.25, 0.3) is 11.8 Å². The average molecular weight is 599 g/mol. The lowest BCUT2D eigenvalue weighted by Gasteiger charge is -2.30. The molecule has 2 aliphatic rings. The minimum absolute atomic E-state index is 0.291. The van der Waals surface area contributed by atoms with Crippen molar-refractivity contribution < 1.29 is 28.7 Å². The van der Waals surface area contributed by atoms with E-state index in [-0.39, 0.29) is 11.8 Å². The van der Waals surface area contributed by atoms with E-state index in [9.17, 15) is 14.4 Å². The molecule has 1 saturated heterocycles. The molecular weight excluding hydrogens is 560 g/mol. The fraction of sp³-hybridized carbons (Fsp3) is 0.324. The molecule has 230 valence electrons. The van der Waals surface area contributed by atoms with Crippen LogP contribution in [0.15, 0.2) is 66.7 Å². The number of hydroxylamine groups is 1. The van der Waals surface area contributed by atoms with E-state index in [2.05, 4.69) is 21.0 Å². The molecule has 0 saturated carbocycles. The first-order valence-electron chi connectivity index (χ1n) is 14.8. The molecule has 2 heterocycles. The van der Waals surface area contributed by atoms with Crippen molar-refractivity contribution >= 4 is 40.4 Å². The van der Waals surface area contributed by atoms with Gasteiger partial charge in [0, 0.05) is 43.6 Å². The van der Waals surface area contributed by atoms with E-state index in [1.54, 1.807) is 37.4 Å². The number of benzene rings is 3. The molecule has 0 radical (unpaired) electrons. The first kappa shape index (κ1) is 30.9. The Hall–Kier alpha value is -4.51. The Morgan fingerprint density at radius 2 is 1.70 bits per heavy atom. The molecule has 0 aliphatic carbocycles. The predicted molar refractivity (Wildman–Crippen MR) is 169 cm³/mol. The first-order chi connectivity index (χ1) is 21.4. The van der Waals surface area contributed by atoms with Crippen LogP contribution in [0.25, 0.3) is 11.3 Å². The normalized spacial score (nSPS) is 16.2. The van der Waals surface area contributed by atoms with Crippen LogP contribution >= 0.6 is 0 Å². The quantitative estimate of drug-likeness (QED) is 0.124. The maximum Gasteiger partial charge on any atom is 0.338 e. The number of rotatable bonds is 11. The highest BCUT2D eigenvalue weighted by atomic mass is 16.6. The Morgan fingerprint density at radius 1 is 0.977 bits per heavy atom. The molecule has 1 fully saturated rings. The van der Waals surface area contributed by atoms with Crippen molar-refractivity contribution in [2.45, 2.75) is 32.3 Å². The molecule has 5 rings (SSSR count). The van der Waals surface area contributed by atoms with E-state index < -0.39 is 5.97 Å². The number of aryl methyl sites for hydroxylation is 1. The number of carbonyl (C=O) groups is 3. The van der Waals surface area contributed by atoms with Gasteiger partial charge in [-0.3, -0.25) is 14.4 Å². The summed E-state index contributed by atoms with van der Waals surface area (Å²) in [5.41, 5.74) is 7.82. The molecule has 0 bridgehead atoms. The van der Waals surface area contributed by atoms with E-state index in [4.69, 9.17) is 14.3 Å². The van der Waals surface area contributed by atoms with Gasteiger partial charge in [0.15, 0.2) is 0 Å². The summed E-state index contributed by atoms with van der Waals surface area (Å²) in [5, 5.41) is 6.28. The lowest BCUT2D eigenvalue weighted by atomic mass is 9.96. The Labute approximate surface area is 257 Å². The number of carbonyl (C=O) groups excluding carboxylic acids is 3. The van der Waals surface area contributed by atoms with Crippen molar-refractivity contribution in [2.75, 3.05) is 51.1 Å². The van der Waals surface area contributed by atoms with Crippen LogP contribution < -0.4 is 16.1 Å². The number of piperidine rings is 1. The third-order valence-corrected chi connectivity index (χ3v) is 8.00. The number of anilines is 2. The second-order valence-electron chi connectivity index (χ2n) is 10.9. The van der Waals surface area contributed by atoms with E-state index in [0.717, 1.165) is 44.5 Å². The first-order valence-corrected chi connectivity index (χ1v) is 14.8. The summed E-state index contributed by atoms with van der Waals surface area (Å²) in [6.45, 7) is 5.18. The monoisotopic (exact) mass is 598 g/mol. The highest BCUT2D eigenvalue weighted by molar-refractivity contribution is 6.37. The number of amides is 2. The van der Waals surface area contributed by atoms with Gasteiger partial charge in [0.2, 0.25) is 0 Å². The molecule has 0 spiro atoms. The van der Waals surface area contributed by atoms with Crippen molar-refractivity contribution in [1.29, 1.82) is 0 Å². The number of nitrogens with one attached hydrogen (secondary N) is 3. The molecule has 0 atom stereocenters. The zero-order valence-corrected chi connectivity index (χ0v) is 25.3. The van der Waals surface area contributed by atoms with Gasteiger partial charge in [0.05, 0.1) is 42.3 Å². The molecule has 3 aromatic carbocycles. The number of esters is 1. The van der Waals surface area contributed by atoms with E-state index in [0.29, 0.717) is 57.6 Å². The summed E-state index contributed by atoms with van der Waals surface area (Å²) in [4.78, 5) is 46.0. The van der Waals surface area contributed by atoms with Crippen molar-refractivity contribution in [1.82, 2.24) is 10.4 Å². The lowest BCUT2D eigenvalue weighted by molar-refractivity contribution is -0.110. The number of fused-ring (bicyclic) bond motifs is 1. The molecule has 44 heavy (non-hydrogen) atoms. The number of likely N-dealkylation sites (tertiary alicyclic amines) is 1. The number of nitrogens with zero attached hydrogens (tertiary/aromatic N) is 1. The summed E-state index contributed by atoms with van der Waals surface area (Å²) in [6.07, 6.45) is 3.26. The Balaban J connectivity index is 1.26. The molecule has 0 unspecified atom stereocenters. The summed E-state index contributed by atoms with van der Waals surface area (Å²) in [7, 11) is 3.09. The van der Waals surface area contributed by atoms with Crippen LogP contribution in [0.4, 0.5) is 11.4 Å². The Morgan fingerprint density at radius 3 is 2.39 bits per heavy atom. The molecule has 2 amide bonds. The largest absolute Gasteiger partial charge is 0.465 e. The number of hydrogen-bond donors (Lipinski definition) is 3. The third kappa shape index (κ3) is 7.16. The van der Waals surface area contributed by atoms with Gasteiger partial charge >= 0.3 is 5.97 Å². The second-order valence-corrected chi connectivity index (χ2v) is 10.9. The zero-order chi connectivity index (χ0) is 31.1. The zero-order valence-electron chi connectivity index (χ0n) is 25.3. The highest BCUT2D eigenvalue weighted by Gasteiger charge is 2.30. The van der Waals surface area contributed by atoms with E-state index >= 15 is 0 Å². The SMILES string of the molecule is COC(=O)c1cc2c(cc1C)/C(=C(/Nc1ccc(C(=O)NOCCCN3CCC(OC)CC3)cc1)c1ccccc1)C(=O)N2. The van der Waals surface area contributed by atoms with Gasteiger partial charge in [-0.05, 0) is 73.7 Å². The minimum Gasteiger partial charge on any atom is -0.465 e. The van der Waals surface area contributed by atoms with Crippen molar-refractivity contribution in [3.63, 3.8) is 0 Å². The molecule has 10 nitrogen and oxygen atoms in total. The number of methoxy groups -OCH3 is 2. The van der Waals surface area contributed by atoms with Crippen molar-refractivity contribution in [2.24, 2.45) is 0 Å². The fourth-order valence-electron chi connectivity index (χ4n) is 5.54. The molecular formula is C34H38N4O6. The Bertz CT molecular complexity index is 1530. The Kier molecular flexibility index (Phi) is 10.1. The third-order valence-electron chi connectivity index (χ3n) is 8.00. The van der Waals surface area contributed by atoms with Crippen LogP contribution in [-0.4, -0.2) is 69.2 Å². The fourth-order valence-corrected chi connectivity index (χ4v) is 5.54. The minimum atomic E-state index is -0.466. The average Bonchev–Trinajstić information content (AvgIpc) is 3.37. The van der Waals surface area contributed by atoms with Crippen LogP contribution in [-0.2, 0) is 19.1 Å². The van der Waals surface area contributed by atoms with Crippen LogP contribution in [0.2, 0.25) is 0 Å². The van der Waals surface area contributed by atoms with Gasteiger partial charge in [0.1, 0.15) is 0 Å². The lowest BCUT2D eigenvalue weighted by Crippen LogP contribution is -2.37. The van der Waals surface area contributed by atoms with Gasteiger partial charge in [-0.15, -0.1) is 0 Å². The summed E-state index contributed by atoms with van der Waals surface area (Å²) in [5.74, 6) is -1.09. The van der Waals surface area contributed by atoms with Gasteiger partial charge in [-0.1, -0.05) is 30.3 Å². The summed E-state index contributed by atoms with van der Waals surface area (Å²) >= 11 is 0. The van der Waals surface area contributed by atoms with E-state index in [1.807, 2.05) is 43.3 Å². The standard InChI is InChI=1S/C34H38N4O6/c1-22-20-28-29(21-27(22)34(41)43-3)36-33(40)30(28)31(23-8-5-4-6-9-23)35-25-12-10-24(11-13-25)32(39)37-44-19-7-16-38-17-14-26(42-2)15-18-38/h4-6,8-13,20-21,26,35H,7,14-19H2,1-3H3,(H,36,40)(H,37,39)/b31-30-. The summed E-state index contributed by atoms with van der Waals surface area (Å²) < 4.78 is 10.3. The van der Waals surface area contributed by atoms with Crippen molar-refractivity contribution in [3.05, 3.63) is 94.5 Å². The summed E-state index contributed by atoms with van der Waals surface area (Å²) in [6, 6.07) is 19.9. The van der Waals surface area contributed by atoms with Crippen LogP contribution in [0, 0.1) is 6.92 Å². The molecule has 0 aromatic heterocycles. The number of hydrogen-bond acceptors (Lipinski definition) is 8. The van der Waals surface area contributed by atoms with Gasteiger partial charge in [-0.25, -0.2) is 10.3 Å². The predicted octanol–water partition coefficient (Wildman–Crippen LogP) is 4.88. The second kappa shape index (κ2) is 14.3. The van der Waals surface area contributed by atoms with Crippen LogP contribution in [0.1, 0.15) is 56.7 Å². The molecule has 10 heteroatoms. The maximum atomic E-state index is 13.3. The van der Waals surface area contributed by atoms with Gasteiger partial charge in [-0.2, -0.15) is 0 Å². The molecule has 3 aromatic rings. The number of ether oxygens (including phenoxy) is 2. The molecule has 3 N–H and O–H groups in total. The van der Waals surface area contributed by atoms with Crippen LogP contribution in [0.3, 0.4) is 0 Å². The molecule has 2 aliphatic heterocycles. The van der Waals surface area contributed by atoms with E-state index in [1.165, 1.54) is 7.11 Å². The maximum absolute atomic E-state index is 13.3. The van der Waals surface area contributed by atoms with Crippen molar-refractivity contribution in [3.8, 4) is 0 Å². The highest BCUT2D eigenvalue weighted by Crippen LogP contribution is 2.39.